The van der Waals surface area contributed by atoms with Crippen molar-refractivity contribution in [1.29, 1.82) is 0 Å². The molecule has 0 bridgehead atoms. The zero-order valence-electron chi connectivity index (χ0n) is 11.4. The van der Waals surface area contributed by atoms with Gasteiger partial charge >= 0.3 is 0 Å². The summed E-state index contributed by atoms with van der Waals surface area (Å²) in [5, 5.41) is 0. The Morgan fingerprint density at radius 2 is 1.35 bits per heavy atom. The average molecular weight is 502 g/mol. The fraction of sp³-hybridized carbons (Fsp3) is 0.533. The van der Waals surface area contributed by atoms with Gasteiger partial charge in [-0.1, -0.05) is 45.2 Å². The molecule has 3 nitrogen and oxygen atoms in total. The molecule has 0 N–H and O–H groups in total. The minimum atomic E-state index is 0.597. The first-order chi connectivity index (χ1) is 9.80. The Hall–Kier alpha value is -0.0500. The van der Waals surface area contributed by atoms with Gasteiger partial charge in [0.1, 0.15) is 17.8 Å². The third-order valence-electron chi connectivity index (χ3n) is 2.63. The highest BCUT2D eigenvalue weighted by Gasteiger charge is 2.03. The van der Waals surface area contributed by atoms with Crippen LogP contribution in [0.4, 0.5) is 0 Å². The maximum atomic E-state index is 11.0. The summed E-state index contributed by atoms with van der Waals surface area (Å²) in [5.41, 5.74) is 0.597. The van der Waals surface area contributed by atoms with Crippen LogP contribution in [0.5, 0.6) is 11.5 Å². The van der Waals surface area contributed by atoms with E-state index in [9.17, 15) is 4.79 Å². The molecule has 5 heteroatoms. The number of rotatable bonds is 11. The first kappa shape index (κ1) is 18.0. The Balaban J connectivity index is 2.53. The lowest BCUT2D eigenvalue weighted by molar-refractivity contribution is 0.112. The molecule has 0 radical (unpaired) electrons. The molecule has 0 amide bonds. The van der Waals surface area contributed by atoms with Crippen molar-refractivity contribution in [2.45, 2.75) is 25.7 Å². The van der Waals surface area contributed by atoms with Gasteiger partial charge in [0, 0.05) is 11.6 Å². The number of carbonyl (C=O) groups excluding carboxylic acids is 1. The van der Waals surface area contributed by atoms with E-state index in [4.69, 9.17) is 9.47 Å². The largest absolute Gasteiger partial charge is 0.493 e. The predicted molar refractivity (Wildman–Crippen MR) is 99.1 cm³/mol. The molecule has 0 aliphatic carbocycles. The van der Waals surface area contributed by atoms with Crippen LogP contribution in [0.3, 0.4) is 0 Å². The fourth-order valence-electron chi connectivity index (χ4n) is 1.60. The van der Waals surface area contributed by atoms with Crippen LogP contribution in [0.2, 0.25) is 0 Å². The molecular weight excluding hydrogens is 482 g/mol. The molecular formula is C15H20I2O3. The zero-order valence-corrected chi connectivity index (χ0v) is 15.8. The number of ether oxygens (including phenoxy) is 2. The molecule has 20 heavy (non-hydrogen) atoms. The van der Waals surface area contributed by atoms with Gasteiger partial charge in [0.25, 0.3) is 0 Å². The normalized spacial score (nSPS) is 10.3. The van der Waals surface area contributed by atoms with Crippen molar-refractivity contribution in [3.05, 3.63) is 23.8 Å². The van der Waals surface area contributed by atoms with E-state index in [1.807, 2.05) is 6.07 Å². The standard InChI is InChI=1S/C15H20I2O3/c16-5-1-3-7-19-14-9-13(12-18)10-15(11-14)20-8-4-2-6-17/h9-12H,1-8H2. The minimum absolute atomic E-state index is 0.597. The molecule has 1 aromatic carbocycles. The van der Waals surface area contributed by atoms with Gasteiger partial charge in [0.05, 0.1) is 13.2 Å². The lowest BCUT2D eigenvalue weighted by Gasteiger charge is -2.10. The molecule has 0 saturated heterocycles. The first-order valence-corrected chi connectivity index (χ1v) is 9.83. The van der Waals surface area contributed by atoms with Gasteiger partial charge in [-0.15, -0.1) is 0 Å². The second kappa shape index (κ2) is 11.6. The Bertz CT molecular complexity index is 366. The van der Waals surface area contributed by atoms with E-state index >= 15 is 0 Å². The van der Waals surface area contributed by atoms with Crippen molar-refractivity contribution in [3.8, 4) is 11.5 Å². The molecule has 1 aromatic rings. The summed E-state index contributed by atoms with van der Waals surface area (Å²) in [6.45, 7) is 1.36. The lowest BCUT2D eigenvalue weighted by atomic mass is 10.2. The molecule has 0 aliphatic rings. The van der Waals surface area contributed by atoms with Crippen molar-refractivity contribution < 1.29 is 14.3 Å². The van der Waals surface area contributed by atoms with E-state index < -0.39 is 0 Å². The first-order valence-electron chi connectivity index (χ1n) is 6.78. The number of aldehydes is 1. The van der Waals surface area contributed by atoms with E-state index in [1.165, 1.54) is 0 Å². The summed E-state index contributed by atoms with van der Waals surface area (Å²) in [7, 11) is 0. The summed E-state index contributed by atoms with van der Waals surface area (Å²) in [6.07, 6.45) is 5.18. The van der Waals surface area contributed by atoms with Crippen molar-refractivity contribution in [2.75, 3.05) is 22.1 Å². The van der Waals surface area contributed by atoms with Crippen molar-refractivity contribution in [1.82, 2.24) is 0 Å². The Labute approximate surface area is 148 Å². The summed E-state index contributed by atoms with van der Waals surface area (Å²) in [4.78, 5) is 11.0. The van der Waals surface area contributed by atoms with Gasteiger partial charge in [0.2, 0.25) is 0 Å². The smallest absolute Gasteiger partial charge is 0.150 e. The third-order valence-corrected chi connectivity index (χ3v) is 4.16. The maximum Gasteiger partial charge on any atom is 0.150 e. The van der Waals surface area contributed by atoms with Gasteiger partial charge in [-0.3, -0.25) is 4.79 Å². The van der Waals surface area contributed by atoms with Crippen LogP contribution in [0, 0.1) is 0 Å². The van der Waals surface area contributed by atoms with E-state index in [0.717, 1.165) is 40.8 Å². The summed E-state index contributed by atoms with van der Waals surface area (Å²) in [6, 6.07) is 5.38. The summed E-state index contributed by atoms with van der Waals surface area (Å²) >= 11 is 4.72. The van der Waals surface area contributed by atoms with Crippen molar-refractivity contribution in [2.24, 2.45) is 0 Å². The van der Waals surface area contributed by atoms with E-state index in [2.05, 4.69) is 45.2 Å². The van der Waals surface area contributed by atoms with Gasteiger partial charge in [-0.2, -0.15) is 0 Å². The molecule has 0 atom stereocenters. The Morgan fingerprint density at radius 1 is 0.850 bits per heavy atom. The lowest BCUT2D eigenvalue weighted by Crippen LogP contribution is -2.01. The Morgan fingerprint density at radius 3 is 1.75 bits per heavy atom. The van der Waals surface area contributed by atoms with Gasteiger partial charge in [-0.05, 0) is 46.7 Å². The molecule has 0 spiro atoms. The summed E-state index contributed by atoms with van der Waals surface area (Å²) < 4.78 is 13.6. The number of hydrogen-bond donors (Lipinski definition) is 0. The molecule has 0 aromatic heterocycles. The topological polar surface area (TPSA) is 35.5 Å². The zero-order chi connectivity index (χ0) is 14.6. The molecule has 112 valence electrons. The van der Waals surface area contributed by atoms with Crippen LogP contribution in [-0.2, 0) is 0 Å². The quantitative estimate of drug-likeness (QED) is 0.191. The van der Waals surface area contributed by atoms with Crippen LogP contribution in [0.1, 0.15) is 36.0 Å². The van der Waals surface area contributed by atoms with Crippen molar-refractivity contribution in [3.63, 3.8) is 0 Å². The average Bonchev–Trinajstić information content (AvgIpc) is 2.48. The monoisotopic (exact) mass is 502 g/mol. The molecule has 1 rings (SSSR count). The fourth-order valence-corrected chi connectivity index (χ4v) is 2.68. The molecule has 0 fully saturated rings. The van der Waals surface area contributed by atoms with Gasteiger partial charge in [0.15, 0.2) is 0 Å². The Kier molecular flexibility index (Phi) is 10.4. The third kappa shape index (κ3) is 7.66. The van der Waals surface area contributed by atoms with E-state index in [-0.39, 0.29) is 0 Å². The second-order valence-corrected chi connectivity index (χ2v) is 6.50. The highest BCUT2D eigenvalue weighted by molar-refractivity contribution is 14.1. The van der Waals surface area contributed by atoms with Crippen LogP contribution >= 0.6 is 45.2 Å². The molecule has 0 aliphatic heterocycles. The predicted octanol–water partition coefficient (Wildman–Crippen LogP) is 4.69. The van der Waals surface area contributed by atoms with Crippen LogP contribution in [0.15, 0.2) is 18.2 Å². The molecule has 0 saturated carbocycles. The van der Waals surface area contributed by atoms with Crippen LogP contribution in [0.25, 0.3) is 0 Å². The maximum absolute atomic E-state index is 11.0. The highest BCUT2D eigenvalue weighted by atomic mass is 127. The van der Waals surface area contributed by atoms with Crippen molar-refractivity contribution >= 4 is 51.5 Å². The number of benzene rings is 1. The van der Waals surface area contributed by atoms with Crippen LogP contribution in [-0.4, -0.2) is 28.4 Å². The van der Waals surface area contributed by atoms with Crippen LogP contribution < -0.4 is 9.47 Å². The molecule has 0 unspecified atom stereocenters. The number of hydrogen-bond acceptors (Lipinski definition) is 3. The minimum Gasteiger partial charge on any atom is -0.493 e. The van der Waals surface area contributed by atoms with E-state index in [1.54, 1.807) is 12.1 Å². The second-order valence-electron chi connectivity index (χ2n) is 4.34. The number of carbonyl (C=O) groups is 1. The van der Waals surface area contributed by atoms with Gasteiger partial charge < -0.3 is 9.47 Å². The molecule has 0 heterocycles. The van der Waals surface area contributed by atoms with Gasteiger partial charge in [-0.25, -0.2) is 0 Å². The SMILES string of the molecule is O=Cc1cc(OCCCCI)cc(OCCCCI)c1. The number of alkyl halides is 2. The highest BCUT2D eigenvalue weighted by Crippen LogP contribution is 2.23. The van der Waals surface area contributed by atoms with E-state index in [0.29, 0.717) is 30.3 Å². The number of unbranched alkanes of at least 4 members (excludes halogenated alkanes) is 2. The summed E-state index contributed by atoms with van der Waals surface area (Å²) in [5.74, 6) is 1.43. The number of halogens is 2.